The van der Waals surface area contributed by atoms with Crippen LogP contribution < -0.4 is 5.32 Å². The molecule has 1 atom stereocenters. The lowest BCUT2D eigenvalue weighted by Crippen LogP contribution is -2.17. The van der Waals surface area contributed by atoms with Gasteiger partial charge in [-0.25, -0.2) is 0 Å². The number of aryl methyl sites for hydroxylation is 2. The van der Waals surface area contributed by atoms with Crippen LogP contribution in [0.5, 0.6) is 0 Å². The van der Waals surface area contributed by atoms with Crippen molar-refractivity contribution in [3.8, 4) is 0 Å². The predicted octanol–water partition coefficient (Wildman–Crippen LogP) is 2.93. The van der Waals surface area contributed by atoms with Crippen LogP contribution in [0.25, 0.3) is 0 Å². The maximum atomic E-state index is 4.48. The Morgan fingerprint density at radius 1 is 1.21 bits per heavy atom. The molecule has 19 heavy (non-hydrogen) atoms. The van der Waals surface area contributed by atoms with Crippen LogP contribution in [-0.4, -0.2) is 16.8 Å². The average Bonchev–Trinajstić information content (AvgIpc) is 2.66. The second kappa shape index (κ2) is 6.02. The fraction of sp³-hybridized carbons (Fsp3) is 0.438. The highest BCUT2D eigenvalue weighted by Crippen LogP contribution is 2.21. The van der Waals surface area contributed by atoms with Crippen molar-refractivity contribution >= 4 is 0 Å². The van der Waals surface area contributed by atoms with E-state index in [1.165, 1.54) is 16.8 Å². The van der Waals surface area contributed by atoms with Gasteiger partial charge < -0.3 is 5.32 Å². The van der Waals surface area contributed by atoms with Crippen molar-refractivity contribution in [1.82, 2.24) is 15.1 Å². The van der Waals surface area contributed by atoms with Gasteiger partial charge in [-0.05, 0) is 44.9 Å². The van der Waals surface area contributed by atoms with Gasteiger partial charge in [-0.15, -0.1) is 0 Å². The fourth-order valence-electron chi connectivity index (χ4n) is 2.63. The van der Waals surface area contributed by atoms with E-state index in [4.69, 9.17) is 0 Å². The Balaban J connectivity index is 2.08. The summed E-state index contributed by atoms with van der Waals surface area (Å²) in [5.41, 5.74) is 5.17. The van der Waals surface area contributed by atoms with E-state index >= 15 is 0 Å². The van der Waals surface area contributed by atoms with E-state index in [2.05, 4.69) is 54.6 Å². The Morgan fingerprint density at radius 2 is 1.89 bits per heavy atom. The molecular weight excluding hydrogens is 234 g/mol. The van der Waals surface area contributed by atoms with Gasteiger partial charge in [0.25, 0.3) is 0 Å². The van der Waals surface area contributed by atoms with E-state index in [1.54, 1.807) is 0 Å². The third-order valence-corrected chi connectivity index (χ3v) is 3.89. The summed E-state index contributed by atoms with van der Waals surface area (Å²) >= 11 is 0. The lowest BCUT2D eigenvalue weighted by Gasteiger charge is -2.16. The third kappa shape index (κ3) is 3.04. The van der Waals surface area contributed by atoms with Gasteiger partial charge in [0.05, 0.1) is 5.69 Å². The van der Waals surface area contributed by atoms with Crippen molar-refractivity contribution in [1.29, 1.82) is 0 Å². The second-order valence-corrected chi connectivity index (χ2v) is 5.06. The highest BCUT2D eigenvalue weighted by atomic mass is 15.3. The quantitative estimate of drug-likeness (QED) is 0.892. The Hall–Kier alpha value is -1.61. The summed E-state index contributed by atoms with van der Waals surface area (Å²) in [6, 6.07) is 11.0. The Kier molecular flexibility index (Phi) is 4.38. The van der Waals surface area contributed by atoms with E-state index < -0.39 is 0 Å². The molecular formula is C16H23N3. The molecule has 0 aliphatic heterocycles. The molecule has 0 amide bonds. The van der Waals surface area contributed by atoms with Gasteiger partial charge in [-0.1, -0.05) is 30.3 Å². The van der Waals surface area contributed by atoms with E-state index in [0.717, 1.165) is 18.5 Å². The van der Waals surface area contributed by atoms with Crippen molar-refractivity contribution in [2.45, 2.75) is 32.7 Å². The topological polar surface area (TPSA) is 29.9 Å². The lowest BCUT2D eigenvalue weighted by atomic mass is 9.98. The summed E-state index contributed by atoms with van der Waals surface area (Å²) in [5.74, 6) is 0. The van der Waals surface area contributed by atoms with Crippen LogP contribution in [0.15, 0.2) is 30.3 Å². The molecule has 2 rings (SSSR count). The summed E-state index contributed by atoms with van der Waals surface area (Å²) in [6.07, 6.45) is 2.15. The molecule has 1 heterocycles. The molecule has 0 spiro atoms. The van der Waals surface area contributed by atoms with E-state index in [0.29, 0.717) is 6.04 Å². The first-order valence-electron chi connectivity index (χ1n) is 6.84. The molecule has 0 saturated heterocycles. The number of hydrogen-bond acceptors (Lipinski definition) is 2. The van der Waals surface area contributed by atoms with Crippen LogP contribution >= 0.6 is 0 Å². The summed E-state index contributed by atoms with van der Waals surface area (Å²) in [6.45, 7) is 4.24. The van der Waals surface area contributed by atoms with Crippen molar-refractivity contribution in [2.75, 3.05) is 7.05 Å². The van der Waals surface area contributed by atoms with Crippen molar-refractivity contribution in [3.63, 3.8) is 0 Å². The van der Waals surface area contributed by atoms with Crippen molar-refractivity contribution in [3.05, 3.63) is 52.8 Å². The molecule has 1 aromatic heterocycles. The number of aromatic nitrogens is 2. The van der Waals surface area contributed by atoms with Crippen LogP contribution in [0.1, 0.15) is 35.0 Å². The van der Waals surface area contributed by atoms with Gasteiger partial charge in [0.2, 0.25) is 0 Å². The first-order chi connectivity index (χ1) is 9.13. The van der Waals surface area contributed by atoms with Crippen LogP contribution in [0.3, 0.4) is 0 Å². The van der Waals surface area contributed by atoms with Gasteiger partial charge in [-0.3, -0.25) is 4.68 Å². The molecule has 2 aromatic rings. The van der Waals surface area contributed by atoms with Crippen LogP contribution in [0.4, 0.5) is 0 Å². The number of nitrogens with one attached hydrogen (secondary N) is 1. The lowest BCUT2D eigenvalue weighted by molar-refractivity contribution is 0.548. The zero-order valence-corrected chi connectivity index (χ0v) is 12.3. The van der Waals surface area contributed by atoms with Gasteiger partial charge in [0, 0.05) is 18.8 Å². The molecule has 3 nitrogen and oxygen atoms in total. The molecule has 0 aliphatic carbocycles. The normalized spacial score (nSPS) is 12.6. The Labute approximate surface area is 115 Å². The summed E-state index contributed by atoms with van der Waals surface area (Å²) < 4.78 is 1.97. The standard InChI is InChI=1S/C16H23N3/c1-12-15(13(2)19(4)18-12)10-11-16(17-3)14-8-6-5-7-9-14/h5-9,16-17H,10-11H2,1-4H3. The Morgan fingerprint density at radius 3 is 2.42 bits per heavy atom. The largest absolute Gasteiger partial charge is 0.313 e. The van der Waals surface area contributed by atoms with Crippen molar-refractivity contribution < 1.29 is 0 Å². The highest BCUT2D eigenvalue weighted by Gasteiger charge is 2.13. The molecule has 1 aromatic carbocycles. The molecule has 0 aliphatic rings. The predicted molar refractivity (Wildman–Crippen MR) is 79.2 cm³/mol. The minimum Gasteiger partial charge on any atom is -0.313 e. The van der Waals surface area contributed by atoms with Gasteiger partial charge >= 0.3 is 0 Å². The fourth-order valence-corrected chi connectivity index (χ4v) is 2.63. The maximum Gasteiger partial charge on any atom is 0.0628 e. The second-order valence-electron chi connectivity index (χ2n) is 5.06. The minimum atomic E-state index is 0.403. The SMILES string of the molecule is CNC(CCc1c(C)nn(C)c1C)c1ccccc1. The van der Waals surface area contributed by atoms with Gasteiger partial charge in [0.15, 0.2) is 0 Å². The minimum absolute atomic E-state index is 0.403. The molecule has 0 radical (unpaired) electrons. The number of nitrogens with zero attached hydrogens (tertiary/aromatic N) is 2. The van der Waals surface area contributed by atoms with Crippen LogP contribution in [0.2, 0.25) is 0 Å². The molecule has 0 bridgehead atoms. The molecule has 0 saturated carbocycles. The van der Waals surface area contributed by atoms with Crippen molar-refractivity contribution in [2.24, 2.45) is 7.05 Å². The van der Waals surface area contributed by atoms with Gasteiger partial charge in [-0.2, -0.15) is 5.10 Å². The summed E-state index contributed by atoms with van der Waals surface area (Å²) in [4.78, 5) is 0. The van der Waals surface area contributed by atoms with E-state index in [-0.39, 0.29) is 0 Å². The highest BCUT2D eigenvalue weighted by molar-refractivity contribution is 5.25. The van der Waals surface area contributed by atoms with E-state index in [1.807, 2.05) is 18.8 Å². The monoisotopic (exact) mass is 257 g/mol. The molecule has 1 unspecified atom stereocenters. The zero-order chi connectivity index (χ0) is 13.8. The average molecular weight is 257 g/mol. The zero-order valence-electron chi connectivity index (χ0n) is 12.3. The first kappa shape index (κ1) is 13.8. The molecule has 102 valence electrons. The molecule has 1 N–H and O–H groups in total. The first-order valence-corrected chi connectivity index (χ1v) is 6.84. The summed E-state index contributed by atoms with van der Waals surface area (Å²) in [7, 11) is 4.04. The van der Waals surface area contributed by atoms with E-state index in [9.17, 15) is 0 Å². The number of benzene rings is 1. The Bertz CT molecular complexity index is 528. The summed E-state index contributed by atoms with van der Waals surface area (Å²) in [5, 5.41) is 7.89. The van der Waals surface area contributed by atoms with Crippen LogP contribution in [0, 0.1) is 13.8 Å². The number of rotatable bonds is 5. The molecule has 0 fully saturated rings. The molecule has 3 heteroatoms. The number of hydrogen-bond donors (Lipinski definition) is 1. The van der Waals surface area contributed by atoms with Gasteiger partial charge in [0.1, 0.15) is 0 Å². The smallest absolute Gasteiger partial charge is 0.0628 e. The van der Waals surface area contributed by atoms with Crippen LogP contribution in [-0.2, 0) is 13.5 Å². The third-order valence-electron chi connectivity index (χ3n) is 3.89. The maximum absolute atomic E-state index is 4.48.